The van der Waals surface area contributed by atoms with Crippen LogP contribution in [0.25, 0.3) is 11.0 Å². The van der Waals surface area contributed by atoms with Crippen LogP contribution >= 0.6 is 0 Å². The standard InChI is InChI=1S/C28H30N4O6/c1-35-24-8-7-21-26(30-24)22(9-12-29-21)31-13-10-28(34,11-14-31)15-20-16-32(27(33)37-20)25-18-36-17-23(38-25)19-5-3-2-4-6-19/h2-3,5,7-9,12,17-18,20,34H,4,6,10-11,13-16H2,1H3/t20-/m0/s1. The number of carbonyl (C=O) groups is 1. The number of nitrogens with zero attached hydrogens (tertiary/aromatic N) is 4. The van der Waals surface area contributed by atoms with E-state index < -0.39 is 17.8 Å². The highest BCUT2D eigenvalue weighted by Crippen LogP contribution is 2.36. The van der Waals surface area contributed by atoms with Gasteiger partial charge < -0.3 is 29.0 Å². The predicted octanol–water partition coefficient (Wildman–Crippen LogP) is 4.14. The van der Waals surface area contributed by atoms with Gasteiger partial charge in [-0.05, 0) is 43.4 Å². The van der Waals surface area contributed by atoms with Crippen molar-refractivity contribution in [3.8, 4) is 5.88 Å². The van der Waals surface area contributed by atoms with Crippen LogP contribution in [0.2, 0.25) is 0 Å². The lowest BCUT2D eigenvalue weighted by molar-refractivity contribution is -0.0221. The van der Waals surface area contributed by atoms with Gasteiger partial charge in [0.1, 0.15) is 17.9 Å². The van der Waals surface area contributed by atoms with E-state index in [9.17, 15) is 9.90 Å². The van der Waals surface area contributed by atoms with Gasteiger partial charge in [0, 0.05) is 31.8 Å². The number of allylic oxidation sites excluding steroid dienone is 4. The fourth-order valence-electron chi connectivity index (χ4n) is 5.34. The van der Waals surface area contributed by atoms with Crippen LogP contribution in [0.1, 0.15) is 32.1 Å². The zero-order valence-corrected chi connectivity index (χ0v) is 21.2. The molecule has 6 rings (SSSR count). The Bertz CT molecular complexity index is 1360. The number of carbonyl (C=O) groups excluding carboxylic acids is 1. The fraction of sp³-hybridized carbons (Fsp3) is 0.393. The number of aliphatic hydroxyl groups is 1. The molecule has 2 aromatic heterocycles. The SMILES string of the molecule is COc1ccc2nccc(N3CCC(O)(C[C@H]4CN(C5=COC=C(C6=CC=CCC6)O5)C(=O)O4)CC3)c2n1. The maximum Gasteiger partial charge on any atom is 0.417 e. The first-order valence-corrected chi connectivity index (χ1v) is 12.9. The van der Waals surface area contributed by atoms with Gasteiger partial charge in [0.05, 0.1) is 30.5 Å². The minimum atomic E-state index is -0.950. The van der Waals surface area contributed by atoms with Crippen molar-refractivity contribution in [2.75, 3.05) is 31.6 Å². The van der Waals surface area contributed by atoms with Gasteiger partial charge in [-0.25, -0.2) is 14.7 Å². The molecule has 0 bridgehead atoms. The van der Waals surface area contributed by atoms with E-state index in [4.69, 9.17) is 18.9 Å². The number of fused-ring (bicyclic) bond motifs is 1. The third-order valence-corrected chi connectivity index (χ3v) is 7.42. The summed E-state index contributed by atoms with van der Waals surface area (Å²) in [6.45, 7) is 1.56. The Balaban J connectivity index is 1.08. The van der Waals surface area contributed by atoms with Crippen molar-refractivity contribution in [3.05, 3.63) is 72.4 Å². The molecule has 198 valence electrons. The number of cyclic esters (lactones) is 1. The average Bonchev–Trinajstić information content (AvgIpc) is 3.32. The third-order valence-electron chi connectivity index (χ3n) is 7.42. The summed E-state index contributed by atoms with van der Waals surface area (Å²) in [4.78, 5) is 25.3. The number of anilines is 1. The van der Waals surface area contributed by atoms with E-state index in [-0.39, 0.29) is 6.54 Å². The molecule has 0 unspecified atom stereocenters. The molecule has 5 heterocycles. The lowest BCUT2D eigenvalue weighted by Gasteiger charge is -2.40. The topological polar surface area (TPSA) is 106 Å². The van der Waals surface area contributed by atoms with Gasteiger partial charge in [-0.3, -0.25) is 4.98 Å². The molecule has 38 heavy (non-hydrogen) atoms. The van der Waals surface area contributed by atoms with E-state index in [0.717, 1.165) is 35.1 Å². The van der Waals surface area contributed by atoms with Gasteiger partial charge in [0.15, 0.2) is 12.0 Å². The summed E-state index contributed by atoms with van der Waals surface area (Å²) in [7, 11) is 1.59. The molecule has 10 nitrogen and oxygen atoms in total. The fourth-order valence-corrected chi connectivity index (χ4v) is 5.34. The van der Waals surface area contributed by atoms with Gasteiger partial charge in [-0.1, -0.05) is 18.2 Å². The van der Waals surface area contributed by atoms with E-state index in [1.54, 1.807) is 25.6 Å². The summed E-state index contributed by atoms with van der Waals surface area (Å²) < 4.78 is 22.4. The lowest BCUT2D eigenvalue weighted by atomic mass is 9.86. The Hall–Kier alpha value is -4.05. The Morgan fingerprint density at radius 3 is 2.87 bits per heavy atom. The molecular weight excluding hydrogens is 488 g/mol. The number of amides is 1. The summed E-state index contributed by atoms with van der Waals surface area (Å²) in [6.07, 6.45) is 13.0. The number of aromatic nitrogens is 2. The Labute approximate surface area is 220 Å². The maximum absolute atomic E-state index is 12.7. The number of piperidine rings is 1. The second kappa shape index (κ2) is 10.0. The van der Waals surface area contributed by atoms with Crippen LogP contribution in [0, 0.1) is 0 Å². The predicted molar refractivity (Wildman–Crippen MR) is 139 cm³/mol. The molecule has 2 fully saturated rings. The van der Waals surface area contributed by atoms with Crippen LogP contribution in [0.4, 0.5) is 10.5 Å². The average molecular weight is 519 g/mol. The molecule has 0 radical (unpaired) electrons. The van der Waals surface area contributed by atoms with Crippen LogP contribution < -0.4 is 9.64 Å². The summed E-state index contributed by atoms with van der Waals surface area (Å²) in [6, 6.07) is 5.63. The molecule has 1 atom stereocenters. The van der Waals surface area contributed by atoms with E-state index in [1.165, 1.54) is 11.2 Å². The highest BCUT2D eigenvalue weighted by molar-refractivity contribution is 5.88. The van der Waals surface area contributed by atoms with Crippen LogP contribution in [-0.4, -0.2) is 64.5 Å². The largest absolute Gasteiger partial charge is 0.481 e. The van der Waals surface area contributed by atoms with Crippen molar-refractivity contribution in [3.63, 3.8) is 0 Å². The highest BCUT2D eigenvalue weighted by atomic mass is 16.6. The zero-order chi connectivity index (χ0) is 26.1. The first-order valence-electron chi connectivity index (χ1n) is 12.9. The molecule has 1 amide bonds. The van der Waals surface area contributed by atoms with Gasteiger partial charge in [0.2, 0.25) is 11.8 Å². The van der Waals surface area contributed by atoms with Crippen molar-refractivity contribution in [1.29, 1.82) is 0 Å². The van der Waals surface area contributed by atoms with Gasteiger partial charge >= 0.3 is 6.09 Å². The summed E-state index contributed by atoms with van der Waals surface area (Å²) in [5.74, 6) is 1.41. The molecule has 3 aliphatic heterocycles. The molecule has 2 saturated heterocycles. The number of pyridine rings is 2. The molecular formula is C28H30N4O6. The lowest BCUT2D eigenvalue weighted by Crippen LogP contribution is -2.46. The smallest absolute Gasteiger partial charge is 0.417 e. The van der Waals surface area contributed by atoms with Gasteiger partial charge in [-0.2, -0.15) is 0 Å². The molecule has 10 heteroatoms. The van der Waals surface area contributed by atoms with E-state index in [0.29, 0.717) is 49.9 Å². The van der Waals surface area contributed by atoms with Crippen molar-refractivity contribution in [2.45, 2.75) is 43.8 Å². The van der Waals surface area contributed by atoms with Crippen LogP contribution in [-0.2, 0) is 14.2 Å². The molecule has 1 N–H and O–H groups in total. The van der Waals surface area contributed by atoms with Crippen molar-refractivity contribution >= 4 is 22.8 Å². The van der Waals surface area contributed by atoms with Crippen LogP contribution in [0.15, 0.2) is 72.4 Å². The van der Waals surface area contributed by atoms with Crippen molar-refractivity contribution in [1.82, 2.24) is 14.9 Å². The zero-order valence-electron chi connectivity index (χ0n) is 21.2. The first kappa shape index (κ1) is 24.3. The number of rotatable bonds is 6. The summed E-state index contributed by atoms with van der Waals surface area (Å²) >= 11 is 0. The van der Waals surface area contributed by atoms with Gasteiger partial charge in [-0.15, -0.1) is 0 Å². The molecule has 0 aromatic carbocycles. The molecule has 0 saturated carbocycles. The summed E-state index contributed by atoms with van der Waals surface area (Å²) in [5, 5.41) is 11.4. The number of ether oxygens (including phenoxy) is 4. The van der Waals surface area contributed by atoms with Gasteiger partial charge in [0.25, 0.3) is 0 Å². The third kappa shape index (κ3) is 4.79. The minimum Gasteiger partial charge on any atom is -0.481 e. The molecule has 2 aromatic rings. The monoisotopic (exact) mass is 518 g/mol. The quantitative estimate of drug-likeness (QED) is 0.604. The minimum absolute atomic E-state index is 0.283. The van der Waals surface area contributed by atoms with E-state index in [2.05, 4.69) is 20.9 Å². The van der Waals surface area contributed by atoms with Crippen LogP contribution in [0.3, 0.4) is 0 Å². The Morgan fingerprint density at radius 2 is 2.08 bits per heavy atom. The summed E-state index contributed by atoms with van der Waals surface area (Å²) in [5.41, 5.74) is 2.59. The first-order chi connectivity index (χ1) is 18.5. The second-order valence-corrected chi connectivity index (χ2v) is 9.92. The highest BCUT2D eigenvalue weighted by Gasteiger charge is 2.42. The number of hydrogen-bond acceptors (Lipinski definition) is 9. The Morgan fingerprint density at radius 1 is 1.21 bits per heavy atom. The van der Waals surface area contributed by atoms with E-state index in [1.807, 2.05) is 24.3 Å². The Kier molecular flexibility index (Phi) is 6.40. The molecule has 1 aliphatic carbocycles. The maximum atomic E-state index is 12.7. The number of hydrogen-bond donors (Lipinski definition) is 1. The normalized spacial score (nSPS) is 22.7. The molecule has 0 spiro atoms. The van der Waals surface area contributed by atoms with Crippen molar-refractivity contribution in [2.24, 2.45) is 0 Å². The van der Waals surface area contributed by atoms with Crippen molar-refractivity contribution < 1.29 is 28.8 Å². The number of methoxy groups -OCH3 is 1. The van der Waals surface area contributed by atoms with Crippen LogP contribution in [0.5, 0.6) is 5.88 Å². The van der Waals surface area contributed by atoms with E-state index >= 15 is 0 Å². The second-order valence-electron chi connectivity index (χ2n) is 9.92. The molecule has 4 aliphatic rings.